The number of benzene rings is 7. The van der Waals surface area contributed by atoms with E-state index in [2.05, 4.69) is 181 Å². The van der Waals surface area contributed by atoms with E-state index in [4.69, 9.17) is 8.83 Å². The number of furan rings is 2. The first-order valence-corrected chi connectivity index (χ1v) is 20.4. The quantitative estimate of drug-likeness (QED) is 0.164. The highest BCUT2D eigenvalue weighted by Gasteiger charge is 2.42. The van der Waals surface area contributed by atoms with Crippen molar-refractivity contribution >= 4 is 85.5 Å². The Morgan fingerprint density at radius 3 is 1.73 bits per heavy atom. The molecule has 0 saturated heterocycles. The smallest absolute Gasteiger partial charge is 0.159 e. The van der Waals surface area contributed by atoms with E-state index in [0.29, 0.717) is 0 Å². The molecule has 1 aliphatic rings. The van der Waals surface area contributed by atoms with Gasteiger partial charge in [-0.05, 0) is 83.2 Å². The van der Waals surface area contributed by atoms with Crippen LogP contribution in [0.3, 0.4) is 0 Å². The maximum absolute atomic E-state index is 6.98. The van der Waals surface area contributed by atoms with E-state index in [0.717, 1.165) is 67.4 Å². The number of para-hydroxylation sites is 5. The molecule has 0 unspecified atom stereocenters. The second-order valence-electron chi connectivity index (χ2n) is 13.8. The van der Waals surface area contributed by atoms with Crippen LogP contribution >= 0.6 is 0 Å². The lowest BCUT2D eigenvalue weighted by atomic mass is 10.1. The molecule has 0 radical (unpaired) electrons. The van der Waals surface area contributed by atoms with Crippen LogP contribution in [0.1, 0.15) is 0 Å². The Morgan fingerprint density at radius 2 is 1.02 bits per heavy atom. The standard InChI is InChI=1S/C46H34N2O2Si/c1-51(2)43-28-26-34(47(31-15-6-3-7-16-31)32-17-8-4-9-18-32)29-39(43)45-46(51)38-27-25-35(30-42(38)50-45)48(33-19-10-5-11-20-33)40-23-14-22-37-36-21-12-13-24-41(36)49-44(37)40/h3-30H,1-2H3. The summed E-state index contributed by atoms with van der Waals surface area (Å²) in [5.74, 6) is 1.00. The average Bonchev–Trinajstić information content (AvgIpc) is 3.82. The summed E-state index contributed by atoms with van der Waals surface area (Å²) in [6.07, 6.45) is 0. The minimum absolute atomic E-state index is 0.862. The van der Waals surface area contributed by atoms with Gasteiger partial charge in [0.25, 0.3) is 0 Å². The predicted octanol–water partition coefficient (Wildman–Crippen LogP) is 12.1. The lowest BCUT2D eigenvalue weighted by Crippen LogP contribution is -2.49. The molecule has 244 valence electrons. The monoisotopic (exact) mass is 674 g/mol. The summed E-state index contributed by atoms with van der Waals surface area (Å²) in [7, 11) is -2.08. The topological polar surface area (TPSA) is 32.8 Å². The van der Waals surface area contributed by atoms with E-state index in [1.54, 1.807) is 0 Å². The summed E-state index contributed by atoms with van der Waals surface area (Å²) in [6, 6.07) is 60.0. The summed E-state index contributed by atoms with van der Waals surface area (Å²) in [4.78, 5) is 4.61. The largest absolute Gasteiger partial charge is 0.456 e. The van der Waals surface area contributed by atoms with E-state index in [9.17, 15) is 0 Å². The molecule has 0 fully saturated rings. The van der Waals surface area contributed by atoms with Crippen LogP contribution in [0.15, 0.2) is 179 Å². The fraction of sp³-hybridized carbons (Fsp3) is 0.0435. The zero-order valence-electron chi connectivity index (χ0n) is 28.4. The molecule has 51 heavy (non-hydrogen) atoms. The van der Waals surface area contributed by atoms with Gasteiger partial charge in [0.15, 0.2) is 5.58 Å². The normalized spacial score (nSPS) is 13.1. The lowest BCUT2D eigenvalue weighted by molar-refractivity contribution is 0.635. The Balaban J connectivity index is 1.14. The van der Waals surface area contributed by atoms with Crippen LogP contribution in [0.2, 0.25) is 13.1 Å². The van der Waals surface area contributed by atoms with Crippen molar-refractivity contribution in [2.75, 3.05) is 9.80 Å². The van der Waals surface area contributed by atoms with Crippen molar-refractivity contribution in [1.82, 2.24) is 0 Å². The Labute approximate surface area is 297 Å². The number of rotatable bonds is 6. The van der Waals surface area contributed by atoms with Crippen molar-refractivity contribution in [1.29, 1.82) is 0 Å². The molecular formula is C46H34N2O2Si. The number of hydrogen-bond donors (Lipinski definition) is 0. The van der Waals surface area contributed by atoms with Crippen LogP contribution in [0.5, 0.6) is 0 Å². The molecule has 4 nitrogen and oxygen atoms in total. The maximum atomic E-state index is 6.98. The van der Waals surface area contributed by atoms with Gasteiger partial charge in [-0.1, -0.05) is 104 Å². The highest BCUT2D eigenvalue weighted by atomic mass is 28.3. The molecule has 7 aromatic carbocycles. The highest BCUT2D eigenvalue weighted by molar-refractivity contribution is 7.05. The molecule has 3 heterocycles. The van der Waals surface area contributed by atoms with Crippen LogP contribution in [-0.2, 0) is 0 Å². The second kappa shape index (κ2) is 11.4. The first-order valence-electron chi connectivity index (χ1n) is 17.4. The second-order valence-corrected chi connectivity index (χ2v) is 18.1. The molecule has 0 amide bonds. The SMILES string of the molecule is C[Si]1(C)c2ccc(N(c3ccccc3)c3ccccc3)cc2-c2oc3cc(N(c4ccccc4)c4cccc5c4oc4ccccc45)ccc3c21. The molecule has 9 aromatic rings. The fourth-order valence-electron chi connectivity index (χ4n) is 8.09. The van der Waals surface area contributed by atoms with Gasteiger partial charge in [-0.25, -0.2) is 0 Å². The van der Waals surface area contributed by atoms with Gasteiger partial charge in [0.1, 0.15) is 25.0 Å². The van der Waals surface area contributed by atoms with Gasteiger partial charge in [-0.3, -0.25) is 0 Å². The molecule has 0 saturated carbocycles. The fourth-order valence-corrected chi connectivity index (χ4v) is 11.3. The van der Waals surface area contributed by atoms with E-state index >= 15 is 0 Å². The third-order valence-corrected chi connectivity index (χ3v) is 13.9. The number of anilines is 6. The van der Waals surface area contributed by atoms with Crippen molar-refractivity contribution in [3.63, 3.8) is 0 Å². The third-order valence-electron chi connectivity index (χ3n) is 10.4. The Hall–Kier alpha value is -6.30. The molecule has 0 aliphatic carbocycles. The van der Waals surface area contributed by atoms with Crippen molar-refractivity contribution in [2.24, 2.45) is 0 Å². The van der Waals surface area contributed by atoms with Crippen molar-refractivity contribution in [3.8, 4) is 11.3 Å². The van der Waals surface area contributed by atoms with Crippen molar-refractivity contribution in [2.45, 2.75) is 13.1 Å². The number of fused-ring (bicyclic) bond motifs is 8. The first kappa shape index (κ1) is 29.6. The minimum Gasteiger partial charge on any atom is -0.456 e. The number of hydrogen-bond acceptors (Lipinski definition) is 4. The maximum Gasteiger partial charge on any atom is 0.159 e. The predicted molar refractivity (Wildman–Crippen MR) is 215 cm³/mol. The van der Waals surface area contributed by atoms with Gasteiger partial charge in [-0.15, -0.1) is 0 Å². The van der Waals surface area contributed by atoms with E-state index in [1.807, 2.05) is 12.1 Å². The van der Waals surface area contributed by atoms with Crippen molar-refractivity contribution < 1.29 is 8.83 Å². The number of nitrogens with zero attached hydrogens (tertiary/aromatic N) is 2. The third kappa shape index (κ3) is 4.59. The highest BCUT2D eigenvalue weighted by Crippen LogP contribution is 2.45. The minimum atomic E-state index is -2.08. The summed E-state index contributed by atoms with van der Waals surface area (Å²) in [5, 5.41) is 6.19. The van der Waals surface area contributed by atoms with Gasteiger partial charge in [-0.2, -0.15) is 0 Å². The Morgan fingerprint density at radius 1 is 0.431 bits per heavy atom. The molecule has 2 aromatic heterocycles. The zero-order valence-corrected chi connectivity index (χ0v) is 29.4. The van der Waals surface area contributed by atoms with Gasteiger partial charge in [0, 0.05) is 50.5 Å². The van der Waals surface area contributed by atoms with Crippen LogP contribution in [0, 0.1) is 0 Å². The summed E-state index contributed by atoms with van der Waals surface area (Å²) in [6.45, 7) is 4.90. The van der Waals surface area contributed by atoms with Crippen LogP contribution < -0.4 is 20.2 Å². The first-order chi connectivity index (χ1) is 25.1. The summed E-state index contributed by atoms with van der Waals surface area (Å²) >= 11 is 0. The summed E-state index contributed by atoms with van der Waals surface area (Å²) < 4.78 is 13.5. The lowest BCUT2D eigenvalue weighted by Gasteiger charge is -2.27. The Bertz CT molecular complexity index is 2690. The summed E-state index contributed by atoms with van der Waals surface area (Å²) in [5.41, 5.74) is 10.2. The van der Waals surface area contributed by atoms with E-state index in [-0.39, 0.29) is 0 Å². The molecule has 10 rings (SSSR count). The van der Waals surface area contributed by atoms with Crippen LogP contribution in [0.4, 0.5) is 34.1 Å². The van der Waals surface area contributed by atoms with Crippen LogP contribution in [-0.4, -0.2) is 8.07 Å². The molecule has 0 bridgehead atoms. The van der Waals surface area contributed by atoms with Gasteiger partial charge in [0.05, 0.1) is 11.4 Å². The van der Waals surface area contributed by atoms with Gasteiger partial charge in [0.2, 0.25) is 0 Å². The van der Waals surface area contributed by atoms with Gasteiger partial charge >= 0.3 is 0 Å². The molecule has 5 heteroatoms. The molecule has 1 aliphatic heterocycles. The zero-order chi connectivity index (χ0) is 34.1. The molecule has 0 N–H and O–H groups in total. The van der Waals surface area contributed by atoms with Crippen molar-refractivity contribution in [3.05, 3.63) is 170 Å². The average molecular weight is 675 g/mol. The van der Waals surface area contributed by atoms with Crippen LogP contribution in [0.25, 0.3) is 44.2 Å². The molecule has 0 spiro atoms. The van der Waals surface area contributed by atoms with Gasteiger partial charge < -0.3 is 18.6 Å². The van der Waals surface area contributed by atoms with E-state index < -0.39 is 8.07 Å². The van der Waals surface area contributed by atoms with E-state index in [1.165, 1.54) is 21.3 Å². The molecule has 0 atom stereocenters. The Kier molecular flexibility index (Phi) is 6.60. The molecular weight excluding hydrogens is 641 g/mol.